The smallest absolute Gasteiger partial charge is 0.563 e. The van der Waals surface area contributed by atoms with Crippen LogP contribution < -0.4 is 9.79 Å². The zero-order valence-corrected chi connectivity index (χ0v) is 8.04. The number of aliphatic hydroxyl groups excluding tert-OH is 1. The molecule has 0 aliphatic heterocycles. The predicted molar refractivity (Wildman–Crippen MR) is 24.4 cm³/mol. The van der Waals surface area contributed by atoms with Gasteiger partial charge in [0, 0.05) is 7.11 Å². The Morgan fingerprint density at radius 1 is 1.20 bits per heavy atom. The van der Waals surface area contributed by atoms with E-state index in [1.54, 1.807) is 0 Å². The maximum Gasteiger partial charge on any atom is 2.00 e. The van der Waals surface area contributed by atoms with Crippen molar-refractivity contribution in [2.75, 3.05) is 7.11 Å². The molecule has 0 aromatic carbocycles. The van der Waals surface area contributed by atoms with Crippen LogP contribution in [-0.4, -0.2) is 12.2 Å². The standard InChI is InChI=1S/CH4O.O5P2.Pd/c1-2;1-6(2)5-7(3)4;/h2H,1H3;;/q;;+2. The Bertz CT molecular complexity index is 91.9. The Balaban J connectivity index is -0.000000149. The van der Waals surface area contributed by atoms with Gasteiger partial charge in [0.25, 0.3) is 0 Å². The van der Waals surface area contributed by atoms with Gasteiger partial charge < -0.3 is 14.9 Å². The second-order valence-electron chi connectivity index (χ2n) is 0.529. The molecule has 0 aliphatic carbocycles. The topological polar surface area (TPSA) is 110 Å². The second-order valence-corrected chi connectivity index (χ2v) is 2.08. The Kier molecular flexibility index (Phi) is 21.0. The van der Waals surface area contributed by atoms with Gasteiger partial charge >= 0.3 is 36.9 Å². The molecule has 0 spiro atoms. The molecular formula is CH4O6P2Pd+2. The van der Waals surface area contributed by atoms with E-state index in [-0.39, 0.29) is 20.4 Å². The minimum absolute atomic E-state index is 0. The summed E-state index contributed by atoms with van der Waals surface area (Å²) in [4.78, 5) is 18.5. The van der Waals surface area contributed by atoms with E-state index in [1.165, 1.54) is 0 Å². The van der Waals surface area contributed by atoms with Crippen LogP contribution in [0.2, 0.25) is 0 Å². The van der Waals surface area contributed by atoms with Crippen LogP contribution in [0.5, 0.6) is 0 Å². The predicted octanol–water partition coefficient (Wildman–Crippen LogP) is -1.36. The first-order chi connectivity index (χ1) is 4.13. The van der Waals surface area contributed by atoms with Crippen molar-refractivity contribution in [2.24, 2.45) is 0 Å². The first-order valence-corrected chi connectivity index (χ1v) is 3.73. The van der Waals surface area contributed by atoms with Crippen LogP contribution >= 0.6 is 16.5 Å². The average Bonchev–Trinajstić information content (AvgIpc) is 1.68. The molecular weight excluding hydrogens is 276 g/mol. The third kappa shape index (κ3) is 23.3. The van der Waals surface area contributed by atoms with E-state index in [0.29, 0.717) is 0 Å². The van der Waals surface area contributed by atoms with E-state index in [0.717, 1.165) is 7.11 Å². The minimum Gasteiger partial charge on any atom is -0.563 e. The van der Waals surface area contributed by atoms with Crippen molar-refractivity contribution in [1.82, 2.24) is 0 Å². The molecule has 0 aromatic heterocycles. The summed E-state index contributed by atoms with van der Waals surface area (Å²) in [5, 5.41) is 7.00. The Labute approximate surface area is 72.8 Å². The summed E-state index contributed by atoms with van der Waals surface area (Å²) >= 11 is 0. The maximum absolute atomic E-state index is 9.24. The largest absolute Gasteiger partial charge is 2.00 e. The summed E-state index contributed by atoms with van der Waals surface area (Å²) < 4.78 is 21.6. The van der Waals surface area contributed by atoms with Crippen LogP contribution in [0.3, 0.4) is 0 Å². The molecule has 0 saturated carbocycles. The minimum atomic E-state index is -3.24. The zero-order chi connectivity index (χ0) is 7.86. The van der Waals surface area contributed by atoms with Crippen LogP contribution in [0.1, 0.15) is 0 Å². The SMILES string of the molecule is CO.O=[P+]([O-])O[P+](=O)[O-].[Pd+2]. The van der Waals surface area contributed by atoms with Gasteiger partial charge in [-0.3, -0.25) is 0 Å². The molecule has 0 aromatic rings. The molecule has 2 atom stereocenters. The van der Waals surface area contributed by atoms with Gasteiger partial charge in [0.1, 0.15) is 4.31 Å². The summed E-state index contributed by atoms with van der Waals surface area (Å²) in [6.07, 6.45) is 0. The van der Waals surface area contributed by atoms with Gasteiger partial charge in [0.15, 0.2) is 0 Å². The quantitative estimate of drug-likeness (QED) is 0.494. The maximum atomic E-state index is 9.24. The van der Waals surface area contributed by atoms with Crippen molar-refractivity contribution < 1.29 is 48.8 Å². The number of rotatable bonds is 2. The summed E-state index contributed by atoms with van der Waals surface area (Å²) in [6, 6.07) is 0. The molecule has 0 heterocycles. The van der Waals surface area contributed by atoms with E-state index in [9.17, 15) is 18.9 Å². The summed E-state index contributed by atoms with van der Waals surface area (Å²) in [6.45, 7) is 0. The van der Waals surface area contributed by atoms with Crippen molar-refractivity contribution in [3.8, 4) is 0 Å². The fourth-order valence-corrected chi connectivity index (χ4v) is 0.490. The van der Waals surface area contributed by atoms with Gasteiger partial charge in [-0.2, -0.15) is 0 Å². The third-order valence-corrected chi connectivity index (χ3v) is 1.20. The molecule has 0 saturated heterocycles. The van der Waals surface area contributed by atoms with Gasteiger partial charge in [0.2, 0.25) is 0 Å². The molecule has 9 heteroatoms. The molecule has 0 aliphatic rings. The summed E-state index contributed by atoms with van der Waals surface area (Å²) in [5.74, 6) is 0. The fourth-order valence-electron chi connectivity index (χ4n) is 0.0544. The molecule has 0 radical (unpaired) electrons. The molecule has 0 fully saturated rings. The second kappa shape index (κ2) is 12.4. The van der Waals surface area contributed by atoms with Crippen LogP contribution in [0, 0.1) is 0 Å². The molecule has 10 heavy (non-hydrogen) atoms. The van der Waals surface area contributed by atoms with Gasteiger partial charge in [-0.05, 0) is 9.13 Å². The molecule has 62 valence electrons. The monoisotopic (exact) mass is 280 g/mol. The van der Waals surface area contributed by atoms with Gasteiger partial charge in [0.05, 0.1) is 0 Å². The summed E-state index contributed by atoms with van der Waals surface area (Å²) in [7, 11) is -5.47. The molecule has 0 amide bonds. The first-order valence-electron chi connectivity index (χ1n) is 1.54. The van der Waals surface area contributed by atoms with E-state index in [2.05, 4.69) is 4.31 Å². The van der Waals surface area contributed by atoms with Crippen molar-refractivity contribution in [3.05, 3.63) is 0 Å². The van der Waals surface area contributed by atoms with E-state index >= 15 is 0 Å². The van der Waals surface area contributed by atoms with Crippen molar-refractivity contribution in [3.63, 3.8) is 0 Å². The van der Waals surface area contributed by atoms with E-state index < -0.39 is 16.5 Å². The normalized spacial score (nSPS) is 10.0. The van der Waals surface area contributed by atoms with Crippen LogP contribution in [0.4, 0.5) is 0 Å². The third-order valence-electron chi connectivity index (χ3n) is 0.133. The van der Waals surface area contributed by atoms with Crippen LogP contribution in [-0.2, 0) is 33.9 Å². The van der Waals surface area contributed by atoms with E-state index in [1.807, 2.05) is 0 Å². The van der Waals surface area contributed by atoms with Gasteiger partial charge in [-0.15, -0.1) is 0 Å². The van der Waals surface area contributed by atoms with Crippen molar-refractivity contribution in [1.29, 1.82) is 0 Å². The Morgan fingerprint density at radius 3 is 1.40 bits per heavy atom. The van der Waals surface area contributed by atoms with Crippen molar-refractivity contribution in [2.45, 2.75) is 0 Å². The van der Waals surface area contributed by atoms with Crippen LogP contribution in [0.25, 0.3) is 0 Å². The van der Waals surface area contributed by atoms with Gasteiger partial charge in [-0.25, -0.2) is 0 Å². The Morgan fingerprint density at radius 2 is 1.40 bits per heavy atom. The average molecular weight is 280 g/mol. The number of hydrogen-bond donors (Lipinski definition) is 1. The van der Waals surface area contributed by atoms with Gasteiger partial charge in [-0.1, -0.05) is 0 Å². The molecule has 6 nitrogen and oxygen atoms in total. The number of hydrogen-bond acceptors (Lipinski definition) is 6. The van der Waals surface area contributed by atoms with Crippen molar-refractivity contribution >= 4 is 16.5 Å². The summed E-state index contributed by atoms with van der Waals surface area (Å²) in [5.41, 5.74) is 0. The molecule has 2 unspecified atom stereocenters. The molecule has 1 N–H and O–H groups in total. The fraction of sp³-hybridized carbons (Fsp3) is 1.00. The Hall–Kier alpha value is 0.702. The number of aliphatic hydroxyl groups is 1. The molecule has 0 rings (SSSR count). The molecule has 0 bridgehead atoms. The van der Waals surface area contributed by atoms with Crippen LogP contribution in [0.15, 0.2) is 0 Å². The first kappa shape index (κ1) is 17.0. The van der Waals surface area contributed by atoms with E-state index in [4.69, 9.17) is 5.11 Å². The zero-order valence-electron chi connectivity index (χ0n) is 4.70.